The molecule has 2 atom stereocenters. The number of hydrogen-bond acceptors (Lipinski definition) is 3. The van der Waals surface area contributed by atoms with Gasteiger partial charge in [0.2, 0.25) is 5.91 Å². The predicted octanol–water partition coefficient (Wildman–Crippen LogP) is 2.90. The largest absolute Gasteiger partial charge is 0.392 e. The molecule has 0 radical (unpaired) electrons. The molecule has 3 N–H and O–H groups in total. The highest BCUT2D eigenvalue weighted by Gasteiger charge is 2.14. The Balaban J connectivity index is 1.85. The van der Waals surface area contributed by atoms with Crippen LogP contribution in [0.15, 0.2) is 54.6 Å². The number of anilines is 1. The first-order valence-corrected chi connectivity index (χ1v) is 7.89. The molecule has 0 fully saturated rings. The highest BCUT2D eigenvalue weighted by Crippen LogP contribution is 2.14. The molecular formula is C19H24N2O2. The molecule has 4 heteroatoms. The lowest BCUT2D eigenvalue weighted by molar-refractivity contribution is -0.121. The fraction of sp³-hybridized carbons (Fsp3) is 0.316. The van der Waals surface area contributed by atoms with Crippen molar-refractivity contribution in [2.75, 3.05) is 11.9 Å². The van der Waals surface area contributed by atoms with Gasteiger partial charge in [-0.1, -0.05) is 49.4 Å². The molecule has 0 saturated heterocycles. The number of carbonyl (C=O) groups is 1. The Bertz CT molecular complexity index is 628. The van der Waals surface area contributed by atoms with Crippen LogP contribution >= 0.6 is 0 Å². The van der Waals surface area contributed by atoms with Gasteiger partial charge in [0.25, 0.3) is 0 Å². The molecule has 2 rings (SSSR count). The Morgan fingerprint density at radius 1 is 1.09 bits per heavy atom. The van der Waals surface area contributed by atoms with Crippen LogP contribution in [0.5, 0.6) is 0 Å². The summed E-state index contributed by atoms with van der Waals surface area (Å²) in [6.45, 7) is 4.52. The maximum Gasteiger partial charge on any atom is 0.242 e. The van der Waals surface area contributed by atoms with Crippen LogP contribution in [0.4, 0.5) is 5.69 Å². The van der Waals surface area contributed by atoms with E-state index in [4.69, 9.17) is 5.11 Å². The zero-order valence-electron chi connectivity index (χ0n) is 13.6. The van der Waals surface area contributed by atoms with Crippen molar-refractivity contribution in [1.29, 1.82) is 0 Å². The van der Waals surface area contributed by atoms with Gasteiger partial charge in [-0.15, -0.1) is 0 Å². The topological polar surface area (TPSA) is 61.4 Å². The van der Waals surface area contributed by atoms with Crippen LogP contribution in [-0.4, -0.2) is 23.6 Å². The Hall–Kier alpha value is -2.33. The zero-order chi connectivity index (χ0) is 16.7. The molecule has 2 unspecified atom stereocenters. The van der Waals surface area contributed by atoms with Gasteiger partial charge in [-0.05, 0) is 36.1 Å². The third kappa shape index (κ3) is 5.11. The van der Waals surface area contributed by atoms with Gasteiger partial charge in [0.1, 0.15) is 6.04 Å². The molecule has 1 amide bonds. The molecule has 0 aliphatic heterocycles. The van der Waals surface area contributed by atoms with Gasteiger partial charge >= 0.3 is 0 Å². The van der Waals surface area contributed by atoms with E-state index in [0.717, 1.165) is 11.3 Å². The minimum atomic E-state index is -0.341. The summed E-state index contributed by atoms with van der Waals surface area (Å²) < 4.78 is 0. The van der Waals surface area contributed by atoms with Crippen LogP contribution in [0, 0.1) is 0 Å². The van der Waals surface area contributed by atoms with Crippen molar-refractivity contribution >= 4 is 11.6 Å². The lowest BCUT2D eigenvalue weighted by atomic mass is 10.0. The number of amides is 1. The van der Waals surface area contributed by atoms with E-state index in [1.807, 2.05) is 49.4 Å². The van der Waals surface area contributed by atoms with E-state index >= 15 is 0 Å². The van der Waals surface area contributed by atoms with Crippen LogP contribution in [0.2, 0.25) is 0 Å². The number of aliphatic hydroxyl groups is 1. The normalized spacial score (nSPS) is 13.2. The molecule has 0 bridgehead atoms. The first-order chi connectivity index (χ1) is 11.1. The number of rotatable bonds is 7. The van der Waals surface area contributed by atoms with Crippen LogP contribution in [0.25, 0.3) is 0 Å². The summed E-state index contributed by atoms with van der Waals surface area (Å²) >= 11 is 0. The molecule has 122 valence electrons. The van der Waals surface area contributed by atoms with Crippen molar-refractivity contribution in [2.45, 2.75) is 32.4 Å². The van der Waals surface area contributed by atoms with Gasteiger partial charge < -0.3 is 15.7 Å². The van der Waals surface area contributed by atoms with Gasteiger partial charge in [0.15, 0.2) is 0 Å². The minimum absolute atomic E-state index is 0.00924. The maximum absolute atomic E-state index is 12.2. The van der Waals surface area contributed by atoms with Crippen molar-refractivity contribution in [2.24, 2.45) is 0 Å². The first-order valence-electron chi connectivity index (χ1n) is 7.89. The lowest BCUT2D eigenvalue weighted by Crippen LogP contribution is -2.39. The molecule has 0 aliphatic rings. The Labute approximate surface area is 137 Å². The van der Waals surface area contributed by atoms with E-state index in [2.05, 4.69) is 29.7 Å². The highest BCUT2D eigenvalue weighted by atomic mass is 16.3. The smallest absolute Gasteiger partial charge is 0.242 e. The molecule has 4 nitrogen and oxygen atoms in total. The number of hydrogen-bond donors (Lipinski definition) is 3. The Kier molecular flexibility index (Phi) is 6.18. The van der Waals surface area contributed by atoms with E-state index in [9.17, 15) is 4.79 Å². The lowest BCUT2D eigenvalue weighted by Gasteiger charge is -2.18. The molecule has 0 spiro atoms. The third-order valence-corrected chi connectivity index (χ3v) is 3.84. The summed E-state index contributed by atoms with van der Waals surface area (Å²) in [7, 11) is 0. The summed E-state index contributed by atoms with van der Waals surface area (Å²) in [6, 6.07) is 17.2. The third-order valence-electron chi connectivity index (χ3n) is 3.84. The van der Waals surface area contributed by atoms with Gasteiger partial charge in [-0.25, -0.2) is 0 Å². The second-order valence-corrected chi connectivity index (χ2v) is 5.78. The number of nitrogens with one attached hydrogen (secondary N) is 2. The van der Waals surface area contributed by atoms with Crippen molar-refractivity contribution in [1.82, 2.24) is 5.32 Å². The van der Waals surface area contributed by atoms with E-state index in [1.54, 1.807) is 0 Å². The highest BCUT2D eigenvalue weighted by molar-refractivity contribution is 5.84. The van der Waals surface area contributed by atoms with Gasteiger partial charge in [-0.3, -0.25) is 4.79 Å². The predicted molar refractivity (Wildman–Crippen MR) is 93.3 cm³/mol. The molecule has 2 aromatic rings. The number of aliphatic hydroxyl groups excluding tert-OH is 1. The van der Waals surface area contributed by atoms with Gasteiger partial charge in [0, 0.05) is 12.2 Å². The van der Waals surface area contributed by atoms with E-state index in [1.165, 1.54) is 5.56 Å². The second kappa shape index (κ2) is 8.34. The average molecular weight is 312 g/mol. The molecule has 0 saturated carbocycles. The summed E-state index contributed by atoms with van der Waals surface area (Å²) in [5, 5.41) is 15.3. The maximum atomic E-state index is 12.2. The van der Waals surface area contributed by atoms with Gasteiger partial charge in [0.05, 0.1) is 6.61 Å². The fourth-order valence-electron chi connectivity index (χ4n) is 2.38. The molecule has 0 aliphatic carbocycles. The summed E-state index contributed by atoms with van der Waals surface area (Å²) in [5.74, 6) is 0.229. The summed E-state index contributed by atoms with van der Waals surface area (Å²) in [5.41, 5.74) is 2.86. The van der Waals surface area contributed by atoms with Crippen LogP contribution in [-0.2, 0) is 11.4 Å². The zero-order valence-corrected chi connectivity index (χ0v) is 13.6. The minimum Gasteiger partial charge on any atom is -0.392 e. The van der Waals surface area contributed by atoms with Crippen molar-refractivity contribution in [3.05, 3.63) is 65.7 Å². The van der Waals surface area contributed by atoms with Crippen molar-refractivity contribution < 1.29 is 9.90 Å². The quantitative estimate of drug-likeness (QED) is 0.737. The molecule has 23 heavy (non-hydrogen) atoms. The van der Waals surface area contributed by atoms with Crippen LogP contribution in [0.3, 0.4) is 0 Å². The Morgan fingerprint density at radius 2 is 1.83 bits per heavy atom. The Morgan fingerprint density at radius 3 is 2.52 bits per heavy atom. The van der Waals surface area contributed by atoms with Gasteiger partial charge in [-0.2, -0.15) is 0 Å². The molecule has 2 aromatic carbocycles. The molecule has 0 heterocycles. The summed E-state index contributed by atoms with van der Waals surface area (Å²) in [4.78, 5) is 12.2. The van der Waals surface area contributed by atoms with E-state index in [-0.39, 0.29) is 24.5 Å². The van der Waals surface area contributed by atoms with E-state index in [0.29, 0.717) is 6.54 Å². The molecular weight excluding hydrogens is 288 g/mol. The van der Waals surface area contributed by atoms with Crippen molar-refractivity contribution in [3.8, 4) is 0 Å². The number of benzene rings is 2. The van der Waals surface area contributed by atoms with Crippen molar-refractivity contribution in [3.63, 3.8) is 0 Å². The summed E-state index contributed by atoms with van der Waals surface area (Å²) in [6.07, 6.45) is 0. The molecule has 0 aromatic heterocycles. The first kappa shape index (κ1) is 17.0. The van der Waals surface area contributed by atoms with Crippen LogP contribution < -0.4 is 10.6 Å². The van der Waals surface area contributed by atoms with E-state index < -0.39 is 0 Å². The monoisotopic (exact) mass is 312 g/mol. The second-order valence-electron chi connectivity index (χ2n) is 5.78. The average Bonchev–Trinajstić information content (AvgIpc) is 2.60. The fourth-order valence-corrected chi connectivity index (χ4v) is 2.38. The SMILES string of the molecule is CC(Nc1cccc(CO)c1)C(=O)NCC(C)c1ccccc1. The van der Waals surface area contributed by atoms with Crippen LogP contribution in [0.1, 0.15) is 30.9 Å². The standard InChI is InChI=1S/C19H24N2O2/c1-14(17-8-4-3-5-9-17)12-20-19(23)15(2)21-18-10-6-7-16(11-18)13-22/h3-11,14-15,21-22H,12-13H2,1-2H3,(H,20,23). The number of carbonyl (C=O) groups excluding carboxylic acids is 1.